The molecule has 5 nitrogen and oxygen atoms in total. The van der Waals surface area contributed by atoms with E-state index in [-0.39, 0.29) is 18.1 Å². The Morgan fingerprint density at radius 1 is 1.41 bits per heavy atom. The van der Waals surface area contributed by atoms with E-state index in [1.165, 1.54) is 12.3 Å². The Balaban J connectivity index is 1.90. The average molecular weight is 305 g/mol. The lowest BCUT2D eigenvalue weighted by Crippen LogP contribution is -2.45. The highest BCUT2D eigenvalue weighted by Gasteiger charge is 2.14. The molecule has 22 heavy (non-hydrogen) atoms. The summed E-state index contributed by atoms with van der Waals surface area (Å²) in [5.41, 5.74) is 5.70. The van der Waals surface area contributed by atoms with Gasteiger partial charge < -0.3 is 15.5 Å². The number of aromatic nitrogens is 1. The van der Waals surface area contributed by atoms with Gasteiger partial charge in [0.25, 0.3) is 0 Å². The first kappa shape index (κ1) is 16.2. The van der Waals surface area contributed by atoms with E-state index in [4.69, 9.17) is 10.2 Å². The van der Waals surface area contributed by atoms with Crippen LogP contribution < -0.4 is 11.1 Å². The number of hydrogen-bond donors (Lipinski definition) is 2. The van der Waals surface area contributed by atoms with Crippen LogP contribution in [0.3, 0.4) is 0 Å². The van der Waals surface area contributed by atoms with Crippen molar-refractivity contribution < 1.29 is 13.6 Å². The summed E-state index contributed by atoms with van der Waals surface area (Å²) >= 11 is 0. The molecule has 0 atom stereocenters. The third-order valence-electron chi connectivity index (χ3n) is 3.00. The van der Waals surface area contributed by atoms with Gasteiger partial charge in [0.2, 0.25) is 5.91 Å². The molecule has 2 aromatic rings. The second kappa shape index (κ2) is 6.70. The number of benzene rings is 1. The lowest BCUT2D eigenvalue weighted by molar-refractivity contribution is -0.121. The van der Waals surface area contributed by atoms with Crippen molar-refractivity contribution in [2.75, 3.05) is 6.54 Å². The molecule has 1 amide bonds. The highest BCUT2D eigenvalue weighted by atomic mass is 19.1. The van der Waals surface area contributed by atoms with Crippen LogP contribution in [0, 0.1) is 5.82 Å². The van der Waals surface area contributed by atoms with Gasteiger partial charge in [0, 0.05) is 24.9 Å². The van der Waals surface area contributed by atoms with Crippen molar-refractivity contribution in [1.29, 1.82) is 0 Å². The fraction of sp³-hybridized carbons (Fsp3) is 0.375. The smallest absolute Gasteiger partial charge is 0.220 e. The average Bonchev–Trinajstić information content (AvgIpc) is 2.91. The molecule has 0 unspecified atom stereocenters. The van der Waals surface area contributed by atoms with Crippen molar-refractivity contribution in [2.45, 2.75) is 32.2 Å². The zero-order chi connectivity index (χ0) is 16.2. The minimum atomic E-state index is -0.448. The standard InChI is InChI=1S/C16H20FN3O2/c1-16(2,18)10-20-14(21)7-8-15-19-9-13(22-15)11-5-3-4-6-12(11)17/h3-6,9H,7-8,10,18H2,1-2H3,(H,20,21). The molecule has 0 aliphatic rings. The number of rotatable bonds is 6. The molecule has 0 aliphatic carbocycles. The number of amides is 1. The first-order chi connectivity index (χ1) is 10.3. The number of nitrogens with one attached hydrogen (secondary N) is 1. The summed E-state index contributed by atoms with van der Waals surface area (Å²) in [5, 5.41) is 2.75. The summed E-state index contributed by atoms with van der Waals surface area (Å²) in [4.78, 5) is 15.8. The molecular weight excluding hydrogens is 285 g/mol. The van der Waals surface area contributed by atoms with Crippen LogP contribution in [-0.4, -0.2) is 23.0 Å². The van der Waals surface area contributed by atoms with Crippen LogP contribution in [0.4, 0.5) is 4.39 Å². The van der Waals surface area contributed by atoms with Gasteiger partial charge in [-0.15, -0.1) is 0 Å². The van der Waals surface area contributed by atoms with E-state index in [2.05, 4.69) is 10.3 Å². The van der Waals surface area contributed by atoms with Gasteiger partial charge >= 0.3 is 0 Å². The molecule has 0 radical (unpaired) electrons. The van der Waals surface area contributed by atoms with E-state index in [1.54, 1.807) is 18.2 Å². The Bertz CT molecular complexity index is 647. The van der Waals surface area contributed by atoms with Crippen LogP contribution in [-0.2, 0) is 11.2 Å². The van der Waals surface area contributed by atoms with Gasteiger partial charge in [0.1, 0.15) is 5.82 Å². The van der Waals surface area contributed by atoms with Gasteiger partial charge in [0.15, 0.2) is 11.7 Å². The third-order valence-corrected chi connectivity index (χ3v) is 3.00. The number of halogens is 1. The van der Waals surface area contributed by atoms with Gasteiger partial charge in [-0.1, -0.05) is 12.1 Å². The third kappa shape index (κ3) is 4.66. The first-order valence-corrected chi connectivity index (χ1v) is 7.10. The Morgan fingerprint density at radius 3 is 2.82 bits per heavy atom. The second-order valence-electron chi connectivity index (χ2n) is 5.86. The number of carbonyl (C=O) groups is 1. The zero-order valence-corrected chi connectivity index (χ0v) is 12.7. The van der Waals surface area contributed by atoms with Crippen LogP contribution in [0.1, 0.15) is 26.2 Å². The van der Waals surface area contributed by atoms with Crippen molar-refractivity contribution in [3.8, 4) is 11.3 Å². The number of nitrogens with zero attached hydrogens (tertiary/aromatic N) is 1. The maximum atomic E-state index is 13.6. The maximum absolute atomic E-state index is 13.6. The lowest BCUT2D eigenvalue weighted by atomic mass is 10.1. The van der Waals surface area contributed by atoms with Crippen LogP contribution in [0.2, 0.25) is 0 Å². The molecular formula is C16H20FN3O2. The molecule has 118 valence electrons. The van der Waals surface area contributed by atoms with E-state index >= 15 is 0 Å². The fourth-order valence-electron chi connectivity index (χ4n) is 1.85. The normalized spacial score (nSPS) is 11.5. The Morgan fingerprint density at radius 2 is 2.14 bits per heavy atom. The summed E-state index contributed by atoms with van der Waals surface area (Å²) in [7, 11) is 0. The lowest BCUT2D eigenvalue weighted by Gasteiger charge is -2.18. The van der Waals surface area contributed by atoms with E-state index < -0.39 is 5.54 Å². The maximum Gasteiger partial charge on any atom is 0.220 e. The van der Waals surface area contributed by atoms with Crippen LogP contribution >= 0.6 is 0 Å². The summed E-state index contributed by atoms with van der Waals surface area (Å²) in [6.45, 7) is 4.07. The zero-order valence-electron chi connectivity index (χ0n) is 12.7. The Hall–Kier alpha value is -2.21. The van der Waals surface area contributed by atoms with E-state index in [9.17, 15) is 9.18 Å². The van der Waals surface area contributed by atoms with Crippen molar-refractivity contribution in [1.82, 2.24) is 10.3 Å². The Labute approximate surface area is 128 Å². The number of nitrogens with two attached hydrogens (primary N) is 1. The molecule has 0 bridgehead atoms. The fourth-order valence-corrected chi connectivity index (χ4v) is 1.85. The highest BCUT2D eigenvalue weighted by Crippen LogP contribution is 2.23. The summed E-state index contributed by atoms with van der Waals surface area (Å²) in [6.07, 6.45) is 2.06. The number of hydrogen-bond acceptors (Lipinski definition) is 4. The summed E-state index contributed by atoms with van der Waals surface area (Å²) < 4.78 is 19.1. The number of carbonyl (C=O) groups excluding carboxylic acids is 1. The van der Waals surface area contributed by atoms with E-state index in [0.717, 1.165) is 0 Å². The molecule has 1 aromatic heterocycles. The molecule has 1 heterocycles. The molecule has 0 fully saturated rings. The van der Waals surface area contributed by atoms with Crippen LogP contribution in [0.5, 0.6) is 0 Å². The molecule has 0 spiro atoms. The van der Waals surface area contributed by atoms with Gasteiger partial charge in [-0.2, -0.15) is 0 Å². The largest absolute Gasteiger partial charge is 0.441 e. The van der Waals surface area contributed by atoms with Crippen molar-refractivity contribution in [3.05, 3.63) is 42.2 Å². The first-order valence-electron chi connectivity index (χ1n) is 7.10. The second-order valence-corrected chi connectivity index (χ2v) is 5.86. The van der Waals surface area contributed by atoms with E-state index in [0.29, 0.717) is 30.2 Å². The van der Waals surface area contributed by atoms with Gasteiger partial charge in [0.05, 0.1) is 11.8 Å². The monoisotopic (exact) mass is 305 g/mol. The molecule has 1 aromatic carbocycles. The molecule has 6 heteroatoms. The minimum Gasteiger partial charge on any atom is -0.441 e. The molecule has 0 saturated carbocycles. The molecule has 0 saturated heterocycles. The molecule has 2 rings (SSSR count). The van der Waals surface area contributed by atoms with E-state index in [1.807, 2.05) is 13.8 Å². The molecule has 3 N–H and O–H groups in total. The highest BCUT2D eigenvalue weighted by molar-refractivity contribution is 5.76. The van der Waals surface area contributed by atoms with Crippen LogP contribution in [0.15, 0.2) is 34.9 Å². The number of oxazole rings is 1. The SMILES string of the molecule is CC(C)(N)CNC(=O)CCc1ncc(-c2ccccc2F)o1. The predicted octanol–water partition coefficient (Wildman–Crippen LogP) is 2.27. The van der Waals surface area contributed by atoms with Crippen molar-refractivity contribution in [2.24, 2.45) is 5.73 Å². The topological polar surface area (TPSA) is 81.1 Å². The van der Waals surface area contributed by atoms with Gasteiger partial charge in [-0.05, 0) is 26.0 Å². The summed E-state index contributed by atoms with van der Waals surface area (Å²) in [6, 6.07) is 6.32. The minimum absolute atomic E-state index is 0.121. The van der Waals surface area contributed by atoms with Gasteiger partial charge in [-0.3, -0.25) is 4.79 Å². The molecule has 0 aliphatic heterocycles. The summed E-state index contributed by atoms with van der Waals surface area (Å²) in [5.74, 6) is 0.272. The van der Waals surface area contributed by atoms with Crippen molar-refractivity contribution >= 4 is 5.91 Å². The predicted molar refractivity (Wildman–Crippen MR) is 81.5 cm³/mol. The van der Waals surface area contributed by atoms with Gasteiger partial charge in [-0.25, -0.2) is 9.37 Å². The quantitative estimate of drug-likeness (QED) is 0.858. The van der Waals surface area contributed by atoms with Crippen molar-refractivity contribution in [3.63, 3.8) is 0 Å². The number of aryl methyl sites for hydroxylation is 1. The Kier molecular flexibility index (Phi) is 4.92. The van der Waals surface area contributed by atoms with Crippen LogP contribution in [0.25, 0.3) is 11.3 Å².